The van der Waals surface area contributed by atoms with Crippen LogP contribution in [0.4, 0.5) is 0 Å². The monoisotopic (exact) mass is 255 g/mol. The van der Waals surface area contributed by atoms with E-state index >= 15 is 0 Å². The summed E-state index contributed by atoms with van der Waals surface area (Å²) in [7, 11) is 0. The minimum atomic E-state index is -0.165. The zero-order valence-electron chi connectivity index (χ0n) is 9.59. The molecular weight excluding hydrogens is 240 g/mol. The van der Waals surface area contributed by atoms with Crippen LogP contribution in [0.15, 0.2) is 16.4 Å². The summed E-state index contributed by atoms with van der Waals surface area (Å²) in [6, 6.07) is 0. The van der Waals surface area contributed by atoms with E-state index in [2.05, 4.69) is 0 Å². The molecule has 2 N–H and O–H groups in total. The fraction of sp³-hybridized carbons (Fsp3) is 0.455. The summed E-state index contributed by atoms with van der Waals surface area (Å²) in [5, 5.41) is 20.8. The van der Waals surface area contributed by atoms with Crippen molar-refractivity contribution in [2.24, 2.45) is 0 Å². The number of fused-ring (bicyclic) bond motifs is 1. The first-order valence-electron chi connectivity index (χ1n) is 5.55. The molecule has 2 aromatic heterocycles. The summed E-state index contributed by atoms with van der Waals surface area (Å²) in [4.78, 5) is 12.7. The molecular formula is C11H15N2O3S+. The third kappa shape index (κ3) is 1.94. The molecule has 92 valence electrons. The van der Waals surface area contributed by atoms with Crippen molar-refractivity contribution in [3.05, 3.63) is 27.5 Å². The number of hydrogen-bond donors (Lipinski definition) is 2. The number of aromatic hydroxyl groups is 1. The molecule has 0 saturated heterocycles. The SMILES string of the molecule is CCc1c(O)[n+](CCCO)c2sccn2c1=O. The molecule has 0 aromatic carbocycles. The number of thiazole rings is 1. The molecule has 0 atom stereocenters. The number of nitrogens with zero attached hydrogens (tertiary/aromatic N) is 2. The Morgan fingerprint density at radius 3 is 2.94 bits per heavy atom. The fourth-order valence-electron chi connectivity index (χ4n) is 1.86. The molecule has 2 aromatic rings. The molecule has 2 heterocycles. The third-order valence-corrected chi connectivity index (χ3v) is 3.60. The maximum absolute atomic E-state index is 12.0. The van der Waals surface area contributed by atoms with Crippen LogP contribution in [0.3, 0.4) is 0 Å². The van der Waals surface area contributed by atoms with Crippen molar-refractivity contribution in [3.8, 4) is 5.88 Å². The van der Waals surface area contributed by atoms with Gasteiger partial charge in [0, 0.05) is 18.4 Å². The normalized spacial score (nSPS) is 11.2. The highest BCUT2D eigenvalue weighted by atomic mass is 32.1. The van der Waals surface area contributed by atoms with Gasteiger partial charge in [-0.3, -0.25) is 0 Å². The molecule has 0 radical (unpaired) electrons. The molecule has 6 heteroatoms. The second kappa shape index (κ2) is 4.85. The molecule has 0 fully saturated rings. The van der Waals surface area contributed by atoms with Crippen LogP contribution in [0.25, 0.3) is 4.96 Å². The van der Waals surface area contributed by atoms with E-state index in [0.29, 0.717) is 29.9 Å². The summed E-state index contributed by atoms with van der Waals surface area (Å²) in [6.45, 7) is 2.40. The van der Waals surface area contributed by atoms with Gasteiger partial charge in [0.15, 0.2) is 0 Å². The van der Waals surface area contributed by atoms with E-state index < -0.39 is 0 Å². The number of aryl methyl sites for hydroxylation is 1. The highest BCUT2D eigenvalue weighted by Gasteiger charge is 2.23. The minimum absolute atomic E-state index is 0.0217. The van der Waals surface area contributed by atoms with Gasteiger partial charge in [-0.25, -0.2) is 4.79 Å². The van der Waals surface area contributed by atoms with Gasteiger partial charge in [-0.2, -0.15) is 8.97 Å². The Bertz CT molecular complexity index is 588. The first-order valence-corrected chi connectivity index (χ1v) is 6.43. The molecule has 0 aliphatic rings. The predicted octanol–water partition coefficient (Wildman–Crippen LogP) is 0.299. The van der Waals surface area contributed by atoms with E-state index in [-0.39, 0.29) is 18.0 Å². The molecule has 0 unspecified atom stereocenters. The van der Waals surface area contributed by atoms with Gasteiger partial charge in [-0.15, -0.1) is 0 Å². The first-order chi connectivity index (χ1) is 8.20. The van der Waals surface area contributed by atoms with Crippen molar-refractivity contribution in [1.82, 2.24) is 4.40 Å². The molecule has 5 nitrogen and oxygen atoms in total. The molecule has 0 bridgehead atoms. The topological polar surface area (TPSA) is 65.8 Å². The van der Waals surface area contributed by atoms with Crippen LogP contribution < -0.4 is 10.1 Å². The average molecular weight is 255 g/mol. The standard InChI is InChI=1S/C11H14N2O3S/c1-2-8-9(15)12(4-3-6-14)11-13(10(8)16)5-7-17-11/h5,7,14H,2-4,6H2,1H3/p+1. The van der Waals surface area contributed by atoms with Crippen LogP contribution in [0.5, 0.6) is 5.88 Å². The predicted molar refractivity (Wildman–Crippen MR) is 64.5 cm³/mol. The van der Waals surface area contributed by atoms with Gasteiger partial charge in [0.1, 0.15) is 11.8 Å². The largest absolute Gasteiger partial charge is 0.477 e. The summed E-state index contributed by atoms with van der Waals surface area (Å²) in [5.74, 6) is 0.0217. The van der Waals surface area contributed by atoms with E-state index in [4.69, 9.17) is 5.11 Å². The van der Waals surface area contributed by atoms with Gasteiger partial charge in [0.05, 0.1) is 6.54 Å². The van der Waals surface area contributed by atoms with E-state index in [1.54, 1.807) is 15.2 Å². The first kappa shape index (κ1) is 12.1. The van der Waals surface area contributed by atoms with Crippen LogP contribution in [-0.4, -0.2) is 21.2 Å². The highest BCUT2D eigenvalue weighted by molar-refractivity contribution is 7.14. The Hall–Kier alpha value is -1.40. The molecule has 0 aliphatic carbocycles. The second-order valence-electron chi connectivity index (χ2n) is 3.75. The Labute approximate surface area is 102 Å². The zero-order valence-corrected chi connectivity index (χ0v) is 10.4. The Balaban J connectivity index is 2.71. The average Bonchev–Trinajstić information content (AvgIpc) is 2.79. The van der Waals surface area contributed by atoms with E-state index in [1.165, 1.54) is 11.3 Å². The van der Waals surface area contributed by atoms with Crippen LogP contribution in [0, 0.1) is 0 Å². The van der Waals surface area contributed by atoms with Gasteiger partial charge >= 0.3 is 10.5 Å². The van der Waals surface area contributed by atoms with Crippen molar-refractivity contribution in [2.75, 3.05) is 6.61 Å². The third-order valence-electron chi connectivity index (χ3n) is 2.72. The van der Waals surface area contributed by atoms with E-state index in [0.717, 1.165) is 0 Å². The molecule has 0 aliphatic heterocycles. The minimum Gasteiger partial charge on any atom is -0.477 e. The lowest BCUT2D eigenvalue weighted by molar-refractivity contribution is -0.679. The van der Waals surface area contributed by atoms with E-state index in [1.807, 2.05) is 12.3 Å². The lowest BCUT2D eigenvalue weighted by Gasteiger charge is -2.05. The van der Waals surface area contributed by atoms with E-state index in [9.17, 15) is 9.90 Å². The van der Waals surface area contributed by atoms with Crippen molar-refractivity contribution in [1.29, 1.82) is 0 Å². The Morgan fingerprint density at radius 2 is 2.29 bits per heavy atom. The van der Waals surface area contributed by atoms with Gasteiger partial charge in [0.2, 0.25) is 0 Å². The maximum atomic E-state index is 12.0. The molecule has 2 rings (SSSR count). The van der Waals surface area contributed by atoms with Crippen LogP contribution in [0.1, 0.15) is 18.9 Å². The fourth-order valence-corrected chi connectivity index (χ4v) is 2.72. The van der Waals surface area contributed by atoms with Crippen LogP contribution >= 0.6 is 11.3 Å². The smallest absolute Gasteiger partial charge is 0.351 e. The second-order valence-corrected chi connectivity index (χ2v) is 4.62. The lowest BCUT2D eigenvalue weighted by Crippen LogP contribution is -2.40. The van der Waals surface area contributed by atoms with Gasteiger partial charge < -0.3 is 10.2 Å². The van der Waals surface area contributed by atoms with Crippen molar-refractivity contribution in [3.63, 3.8) is 0 Å². The van der Waals surface area contributed by atoms with Crippen molar-refractivity contribution < 1.29 is 14.8 Å². The molecule has 0 spiro atoms. The Morgan fingerprint density at radius 1 is 1.53 bits per heavy atom. The Kier molecular flexibility index (Phi) is 3.44. The van der Waals surface area contributed by atoms with Crippen LogP contribution in [0.2, 0.25) is 0 Å². The number of aromatic nitrogens is 2. The van der Waals surface area contributed by atoms with Crippen molar-refractivity contribution >= 4 is 16.3 Å². The van der Waals surface area contributed by atoms with Gasteiger partial charge in [-0.05, 0) is 6.42 Å². The number of aliphatic hydroxyl groups excluding tert-OH is 1. The molecule has 0 amide bonds. The summed E-state index contributed by atoms with van der Waals surface area (Å²) in [5.41, 5.74) is 0.250. The summed E-state index contributed by atoms with van der Waals surface area (Å²) >= 11 is 1.40. The summed E-state index contributed by atoms with van der Waals surface area (Å²) in [6.07, 6.45) is 2.74. The van der Waals surface area contributed by atoms with Crippen molar-refractivity contribution in [2.45, 2.75) is 26.3 Å². The number of rotatable bonds is 4. The zero-order chi connectivity index (χ0) is 12.4. The quantitative estimate of drug-likeness (QED) is 0.772. The number of hydrogen-bond acceptors (Lipinski definition) is 4. The lowest BCUT2D eigenvalue weighted by atomic mass is 10.2. The van der Waals surface area contributed by atoms with Gasteiger partial charge in [0.25, 0.3) is 5.88 Å². The maximum Gasteiger partial charge on any atom is 0.351 e. The highest BCUT2D eigenvalue weighted by Crippen LogP contribution is 2.13. The van der Waals surface area contributed by atoms with Gasteiger partial charge in [-0.1, -0.05) is 18.3 Å². The molecule has 17 heavy (non-hydrogen) atoms. The molecule has 0 saturated carbocycles. The number of aliphatic hydroxyl groups is 1. The van der Waals surface area contributed by atoms with Crippen LogP contribution in [-0.2, 0) is 13.0 Å². The summed E-state index contributed by atoms with van der Waals surface area (Å²) < 4.78 is 3.22.